The number of anilines is 1. The molecule has 0 bridgehead atoms. The zero-order chi connectivity index (χ0) is 13.8. The van der Waals surface area contributed by atoms with E-state index in [1.807, 2.05) is 0 Å². The van der Waals surface area contributed by atoms with Crippen LogP contribution in [0.1, 0.15) is 18.4 Å². The molecule has 1 aromatic carbocycles. The van der Waals surface area contributed by atoms with Gasteiger partial charge in [-0.05, 0) is 24.6 Å². The zero-order valence-corrected chi connectivity index (χ0v) is 10.7. The standard InChI is InChI=1S/C11H10Cl2F3NO/c12-5-1-2-10(18)17-9-6-7(11(14,15)16)3-4-8(9)13/h3-4,6H,1-2,5H2,(H,17,18). The van der Waals surface area contributed by atoms with Gasteiger partial charge in [0.05, 0.1) is 16.3 Å². The highest BCUT2D eigenvalue weighted by Gasteiger charge is 2.31. The predicted molar refractivity (Wildman–Crippen MR) is 65.0 cm³/mol. The van der Waals surface area contributed by atoms with Gasteiger partial charge in [0.1, 0.15) is 0 Å². The number of alkyl halides is 4. The van der Waals surface area contributed by atoms with Gasteiger partial charge in [0.2, 0.25) is 5.91 Å². The van der Waals surface area contributed by atoms with Gasteiger partial charge in [0.15, 0.2) is 0 Å². The van der Waals surface area contributed by atoms with Crippen molar-refractivity contribution in [1.82, 2.24) is 0 Å². The number of nitrogens with one attached hydrogen (secondary N) is 1. The van der Waals surface area contributed by atoms with Crippen molar-refractivity contribution in [2.45, 2.75) is 19.0 Å². The summed E-state index contributed by atoms with van der Waals surface area (Å²) in [6.45, 7) is 0. The van der Waals surface area contributed by atoms with Crippen LogP contribution >= 0.6 is 23.2 Å². The number of hydrogen-bond acceptors (Lipinski definition) is 1. The summed E-state index contributed by atoms with van der Waals surface area (Å²) in [6.07, 6.45) is -3.89. The first-order valence-corrected chi connectivity index (χ1v) is 5.98. The molecule has 18 heavy (non-hydrogen) atoms. The Morgan fingerprint density at radius 1 is 1.33 bits per heavy atom. The molecular weight excluding hydrogens is 290 g/mol. The van der Waals surface area contributed by atoms with Gasteiger partial charge >= 0.3 is 6.18 Å². The van der Waals surface area contributed by atoms with Crippen LogP contribution in [0.25, 0.3) is 0 Å². The Labute approximate surface area is 112 Å². The predicted octanol–water partition coefficient (Wildman–Crippen LogP) is 4.32. The van der Waals surface area contributed by atoms with Gasteiger partial charge in [-0.2, -0.15) is 13.2 Å². The molecular formula is C11H10Cl2F3NO. The molecule has 1 N–H and O–H groups in total. The normalized spacial score (nSPS) is 11.4. The fourth-order valence-electron chi connectivity index (χ4n) is 1.24. The molecule has 0 fully saturated rings. The first-order chi connectivity index (χ1) is 8.34. The monoisotopic (exact) mass is 299 g/mol. The number of carbonyl (C=O) groups excluding carboxylic acids is 1. The lowest BCUT2D eigenvalue weighted by molar-refractivity contribution is -0.137. The van der Waals surface area contributed by atoms with E-state index in [1.54, 1.807) is 0 Å². The van der Waals surface area contributed by atoms with Crippen molar-refractivity contribution < 1.29 is 18.0 Å². The maximum atomic E-state index is 12.5. The minimum atomic E-state index is -4.47. The zero-order valence-electron chi connectivity index (χ0n) is 9.15. The lowest BCUT2D eigenvalue weighted by atomic mass is 10.2. The van der Waals surface area contributed by atoms with E-state index in [9.17, 15) is 18.0 Å². The molecule has 0 aliphatic carbocycles. The minimum Gasteiger partial charge on any atom is -0.325 e. The van der Waals surface area contributed by atoms with Gasteiger partial charge < -0.3 is 5.32 Å². The number of carbonyl (C=O) groups is 1. The average Bonchev–Trinajstić information content (AvgIpc) is 2.28. The number of amides is 1. The second kappa shape index (κ2) is 6.29. The summed E-state index contributed by atoms with van der Waals surface area (Å²) in [5.74, 6) is -0.110. The summed E-state index contributed by atoms with van der Waals surface area (Å²) in [6, 6.07) is 2.76. The van der Waals surface area contributed by atoms with Crippen LogP contribution in [0.15, 0.2) is 18.2 Å². The molecule has 1 amide bonds. The lowest BCUT2D eigenvalue weighted by Crippen LogP contribution is -2.13. The quantitative estimate of drug-likeness (QED) is 0.825. The Morgan fingerprint density at radius 3 is 2.56 bits per heavy atom. The van der Waals surface area contributed by atoms with Crippen molar-refractivity contribution in [3.63, 3.8) is 0 Å². The number of halogens is 5. The van der Waals surface area contributed by atoms with E-state index < -0.39 is 17.6 Å². The molecule has 7 heteroatoms. The number of hydrogen-bond donors (Lipinski definition) is 1. The Hall–Kier alpha value is -0.940. The van der Waals surface area contributed by atoms with E-state index >= 15 is 0 Å². The molecule has 0 radical (unpaired) electrons. The number of rotatable bonds is 4. The number of benzene rings is 1. The van der Waals surface area contributed by atoms with Crippen LogP contribution in [0, 0.1) is 0 Å². The summed E-state index contributed by atoms with van der Waals surface area (Å²) >= 11 is 11.1. The highest BCUT2D eigenvalue weighted by atomic mass is 35.5. The summed E-state index contributed by atoms with van der Waals surface area (Å²) in [5.41, 5.74) is -0.911. The molecule has 0 aliphatic rings. The molecule has 1 rings (SSSR count). The van der Waals surface area contributed by atoms with Crippen LogP contribution in [0.2, 0.25) is 5.02 Å². The van der Waals surface area contributed by atoms with Crippen LogP contribution in [-0.4, -0.2) is 11.8 Å². The first-order valence-electron chi connectivity index (χ1n) is 5.07. The molecule has 0 heterocycles. The summed E-state index contributed by atoms with van der Waals surface area (Å²) in [5, 5.41) is 2.39. The van der Waals surface area contributed by atoms with Crippen LogP contribution in [0.4, 0.5) is 18.9 Å². The molecule has 0 saturated heterocycles. The Kier molecular flexibility index (Phi) is 5.28. The van der Waals surface area contributed by atoms with Crippen LogP contribution in [0.5, 0.6) is 0 Å². The van der Waals surface area contributed by atoms with Crippen LogP contribution in [-0.2, 0) is 11.0 Å². The molecule has 0 atom stereocenters. The van der Waals surface area contributed by atoms with Crippen molar-refractivity contribution in [3.8, 4) is 0 Å². The second-order valence-corrected chi connectivity index (χ2v) is 4.32. The summed E-state index contributed by atoms with van der Waals surface area (Å²) in [4.78, 5) is 11.4. The highest BCUT2D eigenvalue weighted by Crippen LogP contribution is 2.33. The van der Waals surface area contributed by atoms with Crippen molar-refractivity contribution in [3.05, 3.63) is 28.8 Å². The highest BCUT2D eigenvalue weighted by molar-refractivity contribution is 6.33. The maximum Gasteiger partial charge on any atom is 0.416 e. The van der Waals surface area contributed by atoms with Gasteiger partial charge in [-0.1, -0.05) is 11.6 Å². The van der Waals surface area contributed by atoms with Gasteiger partial charge in [-0.3, -0.25) is 4.79 Å². The van der Waals surface area contributed by atoms with Crippen molar-refractivity contribution in [2.75, 3.05) is 11.2 Å². The van der Waals surface area contributed by atoms with E-state index in [-0.39, 0.29) is 17.1 Å². The van der Waals surface area contributed by atoms with E-state index in [1.165, 1.54) is 0 Å². The van der Waals surface area contributed by atoms with Crippen molar-refractivity contribution >= 4 is 34.8 Å². The molecule has 1 aromatic rings. The van der Waals surface area contributed by atoms with E-state index in [4.69, 9.17) is 23.2 Å². The van der Waals surface area contributed by atoms with E-state index in [0.717, 1.165) is 18.2 Å². The fourth-order valence-corrected chi connectivity index (χ4v) is 1.54. The topological polar surface area (TPSA) is 29.1 Å². The fraction of sp³-hybridized carbons (Fsp3) is 0.364. The van der Waals surface area contributed by atoms with Gasteiger partial charge in [-0.15, -0.1) is 11.6 Å². The second-order valence-electron chi connectivity index (χ2n) is 3.53. The third kappa shape index (κ3) is 4.38. The van der Waals surface area contributed by atoms with Crippen LogP contribution in [0.3, 0.4) is 0 Å². The average molecular weight is 300 g/mol. The van der Waals surface area contributed by atoms with Gasteiger partial charge in [0.25, 0.3) is 0 Å². The molecule has 0 unspecified atom stereocenters. The first kappa shape index (κ1) is 15.1. The minimum absolute atomic E-state index is 0.0499. The SMILES string of the molecule is O=C(CCCCl)Nc1cc(C(F)(F)F)ccc1Cl. The third-order valence-electron chi connectivity index (χ3n) is 2.11. The maximum absolute atomic E-state index is 12.5. The van der Waals surface area contributed by atoms with Crippen LogP contribution < -0.4 is 5.32 Å². The summed E-state index contributed by atoms with van der Waals surface area (Å²) in [7, 11) is 0. The Morgan fingerprint density at radius 2 is 2.00 bits per heavy atom. The molecule has 0 saturated carbocycles. The lowest BCUT2D eigenvalue weighted by Gasteiger charge is -2.11. The largest absolute Gasteiger partial charge is 0.416 e. The Bertz CT molecular complexity index is 435. The molecule has 2 nitrogen and oxygen atoms in total. The summed E-state index contributed by atoms with van der Waals surface area (Å²) < 4.78 is 37.4. The third-order valence-corrected chi connectivity index (χ3v) is 2.70. The van der Waals surface area contributed by atoms with E-state index in [2.05, 4.69) is 5.32 Å². The van der Waals surface area contributed by atoms with Gasteiger partial charge in [-0.25, -0.2) is 0 Å². The Balaban J connectivity index is 2.85. The van der Waals surface area contributed by atoms with Crippen molar-refractivity contribution in [2.24, 2.45) is 0 Å². The molecule has 0 aromatic heterocycles. The van der Waals surface area contributed by atoms with E-state index in [0.29, 0.717) is 12.3 Å². The molecule has 0 aliphatic heterocycles. The molecule has 0 spiro atoms. The smallest absolute Gasteiger partial charge is 0.325 e. The molecule has 100 valence electrons. The van der Waals surface area contributed by atoms with Crippen molar-refractivity contribution in [1.29, 1.82) is 0 Å². The van der Waals surface area contributed by atoms with Gasteiger partial charge in [0, 0.05) is 12.3 Å².